The summed E-state index contributed by atoms with van der Waals surface area (Å²) in [6.45, 7) is 7.14. The molecule has 170 valence electrons. The number of hydrogen-bond acceptors (Lipinski definition) is 7. The zero-order valence-corrected chi connectivity index (χ0v) is 19.0. The number of rotatable bonds is 5. The fourth-order valence-corrected chi connectivity index (χ4v) is 4.50. The average Bonchev–Trinajstić information content (AvgIpc) is 3.42. The van der Waals surface area contributed by atoms with Gasteiger partial charge in [-0.1, -0.05) is 29.8 Å². The number of anilines is 1. The van der Waals surface area contributed by atoms with Gasteiger partial charge in [-0.15, -0.1) is 0 Å². The summed E-state index contributed by atoms with van der Waals surface area (Å²) >= 11 is 0. The molecule has 1 aromatic carbocycles. The van der Waals surface area contributed by atoms with Crippen LogP contribution in [0.2, 0.25) is 0 Å². The van der Waals surface area contributed by atoms with Crippen LogP contribution in [0.1, 0.15) is 11.4 Å². The average molecular weight is 445 g/mol. The van der Waals surface area contributed by atoms with Gasteiger partial charge in [0.05, 0.1) is 13.2 Å². The first-order valence-electron chi connectivity index (χ1n) is 11.5. The van der Waals surface area contributed by atoms with Gasteiger partial charge in [-0.05, 0) is 25.9 Å². The van der Waals surface area contributed by atoms with Crippen molar-refractivity contribution >= 4 is 17.0 Å². The number of ether oxygens (including phenoxy) is 1. The lowest BCUT2D eigenvalue weighted by Crippen LogP contribution is -2.43. The number of nitrogens with zero attached hydrogens (tertiary/aromatic N) is 7. The predicted molar refractivity (Wildman–Crippen MR) is 127 cm³/mol. The van der Waals surface area contributed by atoms with Gasteiger partial charge < -0.3 is 19.5 Å². The Morgan fingerprint density at radius 2 is 1.85 bits per heavy atom. The van der Waals surface area contributed by atoms with Crippen LogP contribution in [0.4, 0.5) is 5.82 Å². The molecule has 3 aromatic heterocycles. The van der Waals surface area contributed by atoms with Crippen LogP contribution < -0.4 is 10.2 Å². The summed E-state index contributed by atoms with van der Waals surface area (Å²) in [6, 6.07) is 8.37. The lowest BCUT2D eigenvalue weighted by atomic mass is 9.99. The maximum absolute atomic E-state index is 5.59. The Hall–Kier alpha value is -3.30. The second-order valence-corrected chi connectivity index (χ2v) is 8.92. The Bertz CT molecular complexity index is 1280. The Morgan fingerprint density at radius 1 is 1.06 bits per heavy atom. The highest BCUT2D eigenvalue weighted by molar-refractivity contribution is 5.85. The number of fused-ring (bicyclic) bond motifs is 1. The van der Waals surface area contributed by atoms with Crippen LogP contribution in [0.25, 0.3) is 28.5 Å². The van der Waals surface area contributed by atoms with Crippen LogP contribution in [-0.2, 0) is 18.2 Å². The van der Waals surface area contributed by atoms with E-state index in [9.17, 15) is 0 Å². The molecule has 0 amide bonds. The van der Waals surface area contributed by atoms with Crippen molar-refractivity contribution in [1.82, 2.24) is 34.4 Å². The fraction of sp³-hybridized carbons (Fsp3) is 0.417. The summed E-state index contributed by atoms with van der Waals surface area (Å²) < 4.78 is 9.69. The van der Waals surface area contributed by atoms with Gasteiger partial charge in [0, 0.05) is 44.5 Å². The van der Waals surface area contributed by atoms with E-state index in [0.29, 0.717) is 25.1 Å². The maximum atomic E-state index is 5.59. The van der Waals surface area contributed by atoms with E-state index in [1.165, 1.54) is 5.56 Å². The molecule has 0 unspecified atom stereocenters. The van der Waals surface area contributed by atoms with Crippen molar-refractivity contribution in [2.45, 2.75) is 13.3 Å². The van der Waals surface area contributed by atoms with Crippen molar-refractivity contribution in [2.24, 2.45) is 13.0 Å². The molecule has 4 aromatic rings. The topological polar surface area (TPSA) is 85.9 Å². The van der Waals surface area contributed by atoms with Crippen molar-refractivity contribution in [3.05, 3.63) is 48.0 Å². The van der Waals surface area contributed by atoms with E-state index in [2.05, 4.69) is 58.0 Å². The summed E-state index contributed by atoms with van der Waals surface area (Å²) in [6.07, 6.45) is 4.67. The third-order valence-electron chi connectivity index (χ3n) is 6.60. The molecule has 6 rings (SSSR count). The summed E-state index contributed by atoms with van der Waals surface area (Å²) in [5.41, 5.74) is 3.97. The first-order chi connectivity index (χ1) is 16.2. The number of benzene rings is 1. The molecular formula is C24H28N8O. The summed E-state index contributed by atoms with van der Waals surface area (Å²) in [5, 5.41) is 3.35. The van der Waals surface area contributed by atoms with Crippen molar-refractivity contribution in [3.63, 3.8) is 0 Å². The normalized spacial score (nSPS) is 17.0. The first-order valence-corrected chi connectivity index (χ1v) is 11.5. The smallest absolute Gasteiger partial charge is 0.239 e. The molecule has 0 bridgehead atoms. The number of aromatic nitrogens is 6. The monoisotopic (exact) mass is 444 g/mol. The standard InChI is InChI=1S/C24H28N8O/c1-16-3-5-18(6-4-16)21-26-7-8-32(21)24-28-22-20(23(29-24)31-9-11-33-12-10-31)27-19(30(22)2)13-17-14-25-15-17/h3-8,17,25H,9-15H2,1-2H3. The molecule has 2 saturated heterocycles. The van der Waals surface area contributed by atoms with Gasteiger partial charge in [0.1, 0.15) is 11.6 Å². The Morgan fingerprint density at radius 3 is 2.58 bits per heavy atom. The molecule has 2 fully saturated rings. The van der Waals surface area contributed by atoms with Gasteiger partial charge in [-0.3, -0.25) is 4.57 Å². The second-order valence-electron chi connectivity index (χ2n) is 8.92. The zero-order chi connectivity index (χ0) is 22.4. The minimum absolute atomic E-state index is 0.608. The quantitative estimate of drug-likeness (QED) is 0.505. The van der Waals surface area contributed by atoms with E-state index in [4.69, 9.17) is 19.7 Å². The van der Waals surface area contributed by atoms with Crippen LogP contribution in [0.5, 0.6) is 0 Å². The lowest BCUT2D eigenvalue weighted by Gasteiger charge is -2.28. The van der Waals surface area contributed by atoms with Crippen LogP contribution in [0.3, 0.4) is 0 Å². The number of hydrogen-bond donors (Lipinski definition) is 1. The SMILES string of the molecule is Cc1ccc(-c2nccn2-c2nc(N3CCOCC3)c3nc(CC4CNC4)n(C)c3n2)cc1. The molecule has 5 heterocycles. The minimum Gasteiger partial charge on any atom is -0.378 e. The first kappa shape index (κ1) is 20.3. The summed E-state index contributed by atoms with van der Waals surface area (Å²) in [5.74, 6) is 3.99. The number of imidazole rings is 2. The molecule has 0 radical (unpaired) electrons. The van der Waals surface area contributed by atoms with E-state index in [1.54, 1.807) is 6.20 Å². The lowest BCUT2D eigenvalue weighted by molar-refractivity contribution is 0.122. The summed E-state index contributed by atoms with van der Waals surface area (Å²) in [7, 11) is 2.06. The molecule has 0 atom stereocenters. The minimum atomic E-state index is 0.608. The summed E-state index contributed by atoms with van der Waals surface area (Å²) in [4.78, 5) is 21.9. The maximum Gasteiger partial charge on any atom is 0.239 e. The molecule has 0 spiro atoms. The van der Waals surface area contributed by atoms with E-state index in [-0.39, 0.29) is 0 Å². The highest BCUT2D eigenvalue weighted by Gasteiger charge is 2.25. The van der Waals surface area contributed by atoms with Crippen LogP contribution >= 0.6 is 0 Å². The van der Waals surface area contributed by atoms with Crippen LogP contribution in [0, 0.1) is 12.8 Å². The van der Waals surface area contributed by atoms with Gasteiger partial charge in [0.2, 0.25) is 5.95 Å². The van der Waals surface area contributed by atoms with E-state index in [0.717, 1.165) is 66.8 Å². The van der Waals surface area contributed by atoms with Crippen molar-refractivity contribution in [3.8, 4) is 17.3 Å². The third-order valence-corrected chi connectivity index (χ3v) is 6.60. The van der Waals surface area contributed by atoms with Gasteiger partial charge in [-0.25, -0.2) is 9.97 Å². The Balaban J connectivity index is 1.49. The Labute approximate surface area is 192 Å². The number of morpholine rings is 1. The molecule has 9 heteroatoms. The molecule has 9 nitrogen and oxygen atoms in total. The molecule has 33 heavy (non-hydrogen) atoms. The molecule has 2 aliphatic rings. The fourth-order valence-electron chi connectivity index (χ4n) is 4.50. The molecular weight excluding hydrogens is 416 g/mol. The van der Waals surface area contributed by atoms with Gasteiger partial charge in [0.15, 0.2) is 17.0 Å². The van der Waals surface area contributed by atoms with Gasteiger partial charge in [-0.2, -0.15) is 9.97 Å². The zero-order valence-electron chi connectivity index (χ0n) is 19.0. The van der Waals surface area contributed by atoms with Crippen molar-refractivity contribution in [2.75, 3.05) is 44.3 Å². The highest BCUT2D eigenvalue weighted by atomic mass is 16.5. The molecule has 2 aliphatic heterocycles. The molecule has 1 N–H and O–H groups in total. The van der Waals surface area contributed by atoms with E-state index in [1.807, 2.05) is 10.8 Å². The second kappa shape index (κ2) is 8.24. The largest absolute Gasteiger partial charge is 0.378 e. The number of aryl methyl sites for hydroxylation is 2. The van der Waals surface area contributed by atoms with Crippen molar-refractivity contribution in [1.29, 1.82) is 0 Å². The van der Waals surface area contributed by atoms with E-state index >= 15 is 0 Å². The van der Waals surface area contributed by atoms with Crippen LogP contribution in [0.15, 0.2) is 36.7 Å². The van der Waals surface area contributed by atoms with Crippen molar-refractivity contribution < 1.29 is 4.74 Å². The van der Waals surface area contributed by atoms with Crippen LogP contribution in [-0.4, -0.2) is 68.5 Å². The molecule has 0 saturated carbocycles. The third kappa shape index (κ3) is 3.67. The number of nitrogens with one attached hydrogen (secondary N) is 1. The predicted octanol–water partition coefficient (Wildman–Crippen LogP) is 2.12. The van der Waals surface area contributed by atoms with E-state index < -0.39 is 0 Å². The molecule has 0 aliphatic carbocycles. The Kier molecular flexibility index (Phi) is 5.07. The highest BCUT2D eigenvalue weighted by Crippen LogP contribution is 2.29. The van der Waals surface area contributed by atoms with Gasteiger partial charge in [0.25, 0.3) is 0 Å². The van der Waals surface area contributed by atoms with Gasteiger partial charge >= 0.3 is 0 Å².